The molecule has 0 fully saturated rings. The van der Waals surface area contributed by atoms with Crippen molar-refractivity contribution in [3.05, 3.63) is 65.9 Å². The molecule has 2 aromatic carbocycles. The molecule has 0 aliphatic heterocycles. The molecule has 3 aromatic rings. The number of hydrogen-bond donors (Lipinski definition) is 1. The van der Waals surface area contributed by atoms with Crippen LogP contribution in [0.2, 0.25) is 0 Å². The van der Waals surface area contributed by atoms with E-state index in [1.165, 1.54) is 12.1 Å². The van der Waals surface area contributed by atoms with Crippen molar-refractivity contribution in [1.82, 2.24) is 4.98 Å². The molecule has 0 saturated heterocycles. The average molecular weight is 360 g/mol. The first-order valence-electron chi connectivity index (χ1n) is 7.89. The Hall–Kier alpha value is -3.09. The Morgan fingerprint density at radius 1 is 1.12 bits per heavy atom. The third-order valence-corrected chi connectivity index (χ3v) is 3.69. The normalized spacial score (nSPS) is 11.4. The summed E-state index contributed by atoms with van der Waals surface area (Å²) >= 11 is 0. The number of alkyl halides is 3. The molecule has 1 aromatic heterocycles. The highest BCUT2D eigenvalue weighted by Gasteiger charge is 2.31. The summed E-state index contributed by atoms with van der Waals surface area (Å²) in [5, 5.41) is 3.32. The van der Waals surface area contributed by atoms with Crippen molar-refractivity contribution in [3.8, 4) is 5.75 Å². The van der Waals surface area contributed by atoms with Gasteiger partial charge in [0.25, 0.3) is 5.91 Å². The zero-order chi connectivity index (χ0) is 18.7. The number of carbonyl (C=O) groups excluding carboxylic acids is 1. The van der Waals surface area contributed by atoms with E-state index in [4.69, 9.17) is 4.74 Å². The molecule has 1 N–H and O–H groups in total. The fourth-order valence-electron chi connectivity index (χ4n) is 2.46. The van der Waals surface area contributed by atoms with Crippen molar-refractivity contribution in [2.75, 3.05) is 11.9 Å². The SMILES string of the molecule is CCOc1ccc(C(F)(F)F)cc1NC(=O)c1ccc2ccccc2n1. The summed E-state index contributed by atoms with van der Waals surface area (Å²) in [5.41, 5.74) is -0.206. The van der Waals surface area contributed by atoms with Gasteiger partial charge in [0.1, 0.15) is 11.4 Å². The first-order valence-corrected chi connectivity index (χ1v) is 7.89. The van der Waals surface area contributed by atoms with Crippen LogP contribution in [-0.4, -0.2) is 17.5 Å². The van der Waals surface area contributed by atoms with Gasteiger partial charge in [-0.2, -0.15) is 13.2 Å². The van der Waals surface area contributed by atoms with Gasteiger partial charge in [0, 0.05) is 5.39 Å². The maximum absolute atomic E-state index is 13.0. The minimum absolute atomic E-state index is 0.0540. The third kappa shape index (κ3) is 3.77. The molecular weight excluding hydrogens is 345 g/mol. The molecule has 0 aliphatic carbocycles. The zero-order valence-electron chi connectivity index (χ0n) is 13.8. The fourth-order valence-corrected chi connectivity index (χ4v) is 2.46. The summed E-state index contributed by atoms with van der Waals surface area (Å²) in [6.07, 6.45) is -4.52. The van der Waals surface area contributed by atoms with Gasteiger partial charge >= 0.3 is 6.18 Å². The number of fused-ring (bicyclic) bond motifs is 1. The first-order chi connectivity index (χ1) is 12.4. The third-order valence-electron chi connectivity index (χ3n) is 3.69. The second-order valence-electron chi connectivity index (χ2n) is 5.49. The van der Waals surface area contributed by atoms with E-state index in [0.717, 1.165) is 17.5 Å². The van der Waals surface area contributed by atoms with Crippen LogP contribution in [0.25, 0.3) is 10.9 Å². The van der Waals surface area contributed by atoms with E-state index >= 15 is 0 Å². The molecule has 0 saturated carbocycles. The van der Waals surface area contributed by atoms with E-state index in [0.29, 0.717) is 5.52 Å². The number of nitrogens with zero attached hydrogens (tertiary/aromatic N) is 1. The maximum atomic E-state index is 13.0. The van der Waals surface area contributed by atoms with Gasteiger partial charge in [-0.05, 0) is 37.3 Å². The van der Waals surface area contributed by atoms with Crippen molar-refractivity contribution in [2.45, 2.75) is 13.1 Å². The molecule has 0 aliphatic rings. The van der Waals surface area contributed by atoms with E-state index in [1.54, 1.807) is 25.1 Å². The number of ether oxygens (including phenoxy) is 1. The van der Waals surface area contributed by atoms with Crippen LogP contribution in [0, 0.1) is 0 Å². The molecule has 1 amide bonds. The van der Waals surface area contributed by atoms with Crippen molar-refractivity contribution in [3.63, 3.8) is 0 Å². The highest BCUT2D eigenvalue weighted by atomic mass is 19.4. The monoisotopic (exact) mass is 360 g/mol. The Morgan fingerprint density at radius 2 is 1.88 bits per heavy atom. The smallest absolute Gasteiger partial charge is 0.416 e. The molecule has 4 nitrogen and oxygen atoms in total. The molecule has 3 rings (SSSR count). The fraction of sp³-hybridized carbons (Fsp3) is 0.158. The molecule has 0 spiro atoms. The minimum atomic E-state index is -4.52. The van der Waals surface area contributed by atoms with E-state index in [2.05, 4.69) is 10.3 Å². The molecular formula is C19H15F3N2O2. The predicted octanol–water partition coefficient (Wildman–Crippen LogP) is 4.90. The van der Waals surface area contributed by atoms with E-state index in [1.807, 2.05) is 12.1 Å². The van der Waals surface area contributed by atoms with Crippen LogP contribution in [-0.2, 0) is 6.18 Å². The Bertz CT molecular complexity index is 955. The molecule has 0 radical (unpaired) electrons. The number of anilines is 1. The topological polar surface area (TPSA) is 51.2 Å². The van der Waals surface area contributed by atoms with Gasteiger partial charge in [-0.25, -0.2) is 4.98 Å². The molecule has 7 heteroatoms. The molecule has 0 bridgehead atoms. The predicted molar refractivity (Wildman–Crippen MR) is 92.3 cm³/mol. The van der Waals surface area contributed by atoms with Crippen molar-refractivity contribution < 1.29 is 22.7 Å². The number of halogens is 3. The number of pyridine rings is 1. The minimum Gasteiger partial charge on any atom is -0.492 e. The molecule has 1 heterocycles. The van der Waals surface area contributed by atoms with Crippen molar-refractivity contribution in [1.29, 1.82) is 0 Å². The van der Waals surface area contributed by atoms with Crippen LogP contribution < -0.4 is 10.1 Å². The Labute approximate surface area is 147 Å². The van der Waals surface area contributed by atoms with Gasteiger partial charge in [0.05, 0.1) is 23.4 Å². The van der Waals surface area contributed by atoms with Crippen LogP contribution in [0.1, 0.15) is 23.0 Å². The van der Waals surface area contributed by atoms with Crippen LogP contribution >= 0.6 is 0 Å². The van der Waals surface area contributed by atoms with Gasteiger partial charge in [-0.3, -0.25) is 4.79 Å². The number of nitrogens with one attached hydrogen (secondary N) is 1. The number of hydrogen-bond acceptors (Lipinski definition) is 3. The summed E-state index contributed by atoms with van der Waals surface area (Å²) in [7, 11) is 0. The summed E-state index contributed by atoms with van der Waals surface area (Å²) in [5.74, 6) is -0.453. The van der Waals surface area contributed by atoms with E-state index < -0.39 is 17.6 Å². The Kier molecular flexibility index (Phi) is 4.79. The van der Waals surface area contributed by atoms with E-state index in [-0.39, 0.29) is 23.7 Å². The van der Waals surface area contributed by atoms with Crippen LogP contribution in [0.15, 0.2) is 54.6 Å². The number of benzene rings is 2. The lowest BCUT2D eigenvalue weighted by molar-refractivity contribution is -0.137. The Morgan fingerprint density at radius 3 is 2.62 bits per heavy atom. The summed E-state index contributed by atoms with van der Waals surface area (Å²) in [6, 6.07) is 13.4. The standard InChI is InChI=1S/C19H15F3N2O2/c1-2-26-17-10-8-13(19(20,21)22)11-16(17)24-18(25)15-9-7-12-5-3-4-6-14(12)23-15/h3-11H,2H2,1H3,(H,24,25). The second-order valence-corrected chi connectivity index (χ2v) is 5.49. The van der Waals surface area contributed by atoms with Crippen molar-refractivity contribution in [2.24, 2.45) is 0 Å². The highest BCUT2D eigenvalue weighted by Crippen LogP contribution is 2.35. The van der Waals surface area contributed by atoms with Gasteiger partial charge in [-0.1, -0.05) is 24.3 Å². The largest absolute Gasteiger partial charge is 0.492 e. The molecule has 134 valence electrons. The van der Waals surface area contributed by atoms with Gasteiger partial charge in [0.15, 0.2) is 0 Å². The van der Waals surface area contributed by atoms with Gasteiger partial charge in [-0.15, -0.1) is 0 Å². The van der Waals surface area contributed by atoms with Crippen LogP contribution in [0.5, 0.6) is 5.75 Å². The van der Waals surface area contributed by atoms with Gasteiger partial charge < -0.3 is 10.1 Å². The van der Waals surface area contributed by atoms with Crippen LogP contribution in [0.3, 0.4) is 0 Å². The maximum Gasteiger partial charge on any atom is 0.416 e. The number of amides is 1. The Balaban J connectivity index is 1.93. The number of rotatable bonds is 4. The second kappa shape index (κ2) is 7.03. The average Bonchev–Trinajstić information content (AvgIpc) is 2.62. The number of aromatic nitrogens is 1. The summed E-state index contributed by atoms with van der Waals surface area (Å²) < 4.78 is 44.2. The lowest BCUT2D eigenvalue weighted by Crippen LogP contribution is -2.15. The van der Waals surface area contributed by atoms with Crippen molar-refractivity contribution >= 4 is 22.5 Å². The van der Waals surface area contributed by atoms with E-state index in [9.17, 15) is 18.0 Å². The lowest BCUT2D eigenvalue weighted by Gasteiger charge is -2.14. The molecule has 0 unspecified atom stereocenters. The molecule has 26 heavy (non-hydrogen) atoms. The lowest BCUT2D eigenvalue weighted by atomic mass is 10.1. The van der Waals surface area contributed by atoms with Crippen LogP contribution in [0.4, 0.5) is 18.9 Å². The zero-order valence-corrected chi connectivity index (χ0v) is 13.8. The summed E-state index contributed by atoms with van der Waals surface area (Å²) in [4.78, 5) is 16.7. The highest BCUT2D eigenvalue weighted by molar-refractivity contribution is 6.04. The quantitative estimate of drug-likeness (QED) is 0.720. The molecule has 0 atom stereocenters. The first kappa shape index (κ1) is 17.7. The number of carbonyl (C=O) groups is 1. The number of para-hydroxylation sites is 1. The van der Waals surface area contributed by atoms with Gasteiger partial charge in [0.2, 0.25) is 0 Å². The summed E-state index contributed by atoms with van der Waals surface area (Å²) in [6.45, 7) is 1.95.